The van der Waals surface area contributed by atoms with Gasteiger partial charge in [0, 0.05) is 19.6 Å². The Morgan fingerprint density at radius 2 is 2.04 bits per heavy atom. The summed E-state index contributed by atoms with van der Waals surface area (Å²) in [7, 11) is -3.47. The minimum atomic E-state index is -3.47. The number of nitrogens with one attached hydrogen (secondary N) is 1. The van der Waals surface area contributed by atoms with Crippen LogP contribution in [0.4, 0.5) is 4.79 Å². The number of benzene rings is 1. The van der Waals surface area contributed by atoms with Gasteiger partial charge in [-0.25, -0.2) is 18.4 Å². The number of amides is 2. The fourth-order valence-electron chi connectivity index (χ4n) is 2.84. The molecule has 23 heavy (non-hydrogen) atoms. The first-order valence-corrected chi connectivity index (χ1v) is 9.64. The van der Waals surface area contributed by atoms with E-state index >= 15 is 0 Å². The van der Waals surface area contributed by atoms with Crippen molar-refractivity contribution in [2.75, 3.05) is 25.4 Å². The lowest BCUT2D eigenvalue weighted by atomic mass is 10.1. The Hall–Kier alpha value is -1.60. The zero-order valence-corrected chi connectivity index (χ0v) is 14.3. The van der Waals surface area contributed by atoms with Gasteiger partial charge in [0.05, 0.1) is 5.75 Å². The number of rotatable bonds is 6. The third kappa shape index (κ3) is 6.19. The molecular formula is C16H25N3O3S. The van der Waals surface area contributed by atoms with Crippen molar-refractivity contribution < 1.29 is 13.2 Å². The van der Waals surface area contributed by atoms with E-state index < -0.39 is 10.0 Å². The van der Waals surface area contributed by atoms with Crippen LogP contribution in [0.3, 0.4) is 0 Å². The van der Waals surface area contributed by atoms with Crippen LogP contribution < -0.4 is 10.5 Å². The number of hydrogen-bond acceptors (Lipinski definition) is 3. The highest BCUT2D eigenvalue weighted by molar-refractivity contribution is 7.89. The largest absolute Gasteiger partial charge is 0.338 e. The molecule has 0 spiro atoms. The summed E-state index contributed by atoms with van der Waals surface area (Å²) < 4.78 is 22.2. The van der Waals surface area contributed by atoms with Gasteiger partial charge in [0.25, 0.3) is 0 Å². The van der Waals surface area contributed by atoms with Crippen molar-refractivity contribution in [3.05, 3.63) is 35.4 Å². The van der Waals surface area contributed by atoms with Gasteiger partial charge in [0.1, 0.15) is 0 Å². The summed E-state index contributed by atoms with van der Waals surface area (Å²) in [6.45, 7) is 3.72. The first kappa shape index (κ1) is 17.7. The number of hydrogen-bond donors (Lipinski definition) is 2. The van der Waals surface area contributed by atoms with Gasteiger partial charge in [-0.05, 0) is 37.7 Å². The quantitative estimate of drug-likeness (QED) is 0.764. The molecule has 7 heteroatoms. The van der Waals surface area contributed by atoms with Gasteiger partial charge < -0.3 is 10.2 Å². The summed E-state index contributed by atoms with van der Waals surface area (Å²) in [5, 5.41) is 7.95. The molecule has 2 amide bonds. The molecule has 2 rings (SSSR count). The van der Waals surface area contributed by atoms with Gasteiger partial charge in [0.15, 0.2) is 0 Å². The van der Waals surface area contributed by atoms with Gasteiger partial charge in [-0.1, -0.05) is 29.8 Å². The molecule has 1 fully saturated rings. The molecule has 0 saturated carbocycles. The second kappa shape index (κ2) is 7.79. The van der Waals surface area contributed by atoms with E-state index in [4.69, 9.17) is 5.14 Å². The van der Waals surface area contributed by atoms with Crippen LogP contribution in [0.15, 0.2) is 24.3 Å². The SMILES string of the molecule is Cc1ccc(CCCNC(=O)N2CC[C@H](CS(N)(=O)=O)C2)cc1. The number of likely N-dealkylation sites (tertiary alicyclic amines) is 1. The standard InChI is InChI=1S/C16H25N3O3S/c1-13-4-6-14(7-5-13)3-2-9-18-16(20)19-10-8-15(11-19)12-23(17,21)22/h4-7,15H,2-3,8-12H2,1H3,(H,18,20)(H2,17,21,22)/t15-/m0/s1. The fourth-order valence-corrected chi connectivity index (χ4v) is 3.77. The Morgan fingerprint density at radius 3 is 2.70 bits per heavy atom. The summed E-state index contributed by atoms with van der Waals surface area (Å²) in [6.07, 6.45) is 2.49. The monoisotopic (exact) mass is 339 g/mol. The van der Waals surface area contributed by atoms with Crippen molar-refractivity contribution in [3.63, 3.8) is 0 Å². The maximum atomic E-state index is 12.0. The van der Waals surface area contributed by atoms with Crippen LogP contribution in [0.1, 0.15) is 24.0 Å². The van der Waals surface area contributed by atoms with Crippen LogP contribution in [0.2, 0.25) is 0 Å². The summed E-state index contributed by atoms with van der Waals surface area (Å²) in [6, 6.07) is 8.27. The normalized spacial score (nSPS) is 18.2. The van der Waals surface area contributed by atoms with Crippen LogP contribution in [-0.4, -0.2) is 44.7 Å². The number of aryl methyl sites for hydroxylation is 2. The predicted molar refractivity (Wildman–Crippen MR) is 90.6 cm³/mol. The second-order valence-electron chi connectivity index (χ2n) is 6.25. The minimum absolute atomic E-state index is 0.0514. The van der Waals surface area contributed by atoms with E-state index in [0.717, 1.165) is 12.8 Å². The molecule has 0 aliphatic carbocycles. The van der Waals surface area contributed by atoms with Gasteiger partial charge in [0.2, 0.25) is 10.0 Å². The maximum Gasteiger partial charge on any atom is 0.317 e. The summed E-state index contributed by atoms with van der Waals surface area (Å²) in [5.41, 5.74) is 2.50. The molecule has 1 aromatic rings. The first-order chi connectivity index (χ1) is 10.8. The van der Waals surface area contributed by atoms with Crippen molar-refractivity contribution in [2.24, 2.45) is 11.1 Å². The van der Waals surface area contributed by atoms with E-state index in [1.165, 1.54) is 11.1 Å². The van der Waals surface area contributed by atoms with Crippen LogP contribution in [0.5, 0.6) is 0 Å². The molecule has 0 aromatic heterocycles. The molecule has 0 unspecified atom stereocenters. The molecule has 1 aromatic carbocycles. The van der Waals surface area contributed by atoms with Gasteiger partial charge in [-0.15, -0.1) is 0 Å². The summed E-state index contributed by atoms with van der Waals surface area (Å²) in [4.78, 5) is 13.7. The van der Waals surface area contributed by atoms with E-state index in [0.29, 0.717) is 26.1 Å². The number of sulfonamides is 1. The smallest absolute Gasteiger partial charge is 0.317 e. The van der Waals surface area contributed by atoms with Gasteiger partial charge in [-0.3, -0.25) is 0 Å². The number of nitrogens with two attached hydrogens (primary N) is 1. The Balaban J connectivity index is 1.66. The van der Waals surface area contributed by atoms with E-state index in [1.54, 1.807) is 4.90 Å². The molecule has 1 atom stereocenters. The highest BCUT2D eigenvalue weighted by Gasteiger charge is 2.28. The second-order valence-corrected chi connectivity index (χ2v) is 7.91. The van der Waals surface area contributed by atoms with E-state index in [1.807, 2.05) is 0 Å². The minimum Gasteiger partial charge on any atom is -0.338 e. The van der Waals surface area contributed by atoms with Crippen molar-refractivity contribution in [2.45, 2.75) is 26.2 Å². The lowest BCUT2D eigenvalue weighted by Gasteiger charge is -2.17. The van der Waals surface area contributed by atoms with Crippen LogP contribution in [0.25, 0.3) is 0 Å². The van der Waals surface area contributed by atoms with E-state index in [2.05, 4.69) is 36.5 Å². The maximum absolute atomic E-state index is 12.0. The number of nitrogens with zero attached hydrogens (tertiary/aromatic N) is 1. The van der Waals surface area contributed by atoms with Crippen molar-refractivity contribution in [1.82, 2.24) is 10.2 Å². The lowest BCUT2D eigenvalue weighted by Crippen LogP contribution is -2.39. The lowest BCUT2D eigenvalue weighted by molar-refractivity contribution is 0.207. The summed E-state index contributed by atoms with van der Waals surface area (Å²) in [5.74, 6) is -0.104. The fraction of sp³-hybridized carbons (Fsp3) is 0.562. The molecule has 1 heterocycles. The zero-order valence-electron chi connectivity index (χ0n) is 13.5. The molecule has 128 valence electrons. The molecule has 0 radical (unpaired) electrons. The van der Waals surface area contributed by atoms with Crippen molar-refractivity contribution in [1.29, 1.82) is 0 Å². The molecule has 1 aliphatic heterocycles. The average molecular weight is 339 g/mol. The Morgan fingerprint density at radius 1 is 1.35 bits per heavy atom. The highest BCUT2D eigenvalue weighted by atomic mass is 32.2. The van der Waals surface area contributed by atoms with Crippen molar-refractivity contribution in [3.8, 4) is 0 Å². The Labute approximate surface area is 138 Å². The Kier molecular flexibility index (Phi) is 6.01. The van der Waals surface area contributed by atoms with Crippen molar-refractivity contribution >= 4 is 16.1 Å². The first-order valence-electron chi connectivity index (χ1n) is 7.92. The number of urea groups is 1. The number of carbonyl (C=O) groups excluding carboxylic acids is 1. The van der Waals surface area contributed by atoms with Crippen LogP contribution >= 0.6 is 0 Å². The third-order valence-electron chi connectivity index (χ3n) is 4.08. The third-order valence-corrected chi connectivity index (χ3v) is 5.02. The zero-order chi connectivity index (χ0) is 16.9. The molecular weight excluding hydrogens is 314 g/mol. The van der Waals surface area contributed by atoms with E-state index in [9.17, 15) is 13.2 Å². The number of primary sulfonamides is 1. The van der Waals surface area contributed by atoms with Crippen LogP contribution in [0, 0.1) is 12.8 Å². The van der Waals surface area contributed by atoms with Crippen LogP contribution in [-0.2, 0) is 16.4 Å². The molecule has 3 N–H and O–H groups in total. The highest BCUT2D eigenvalue weighted by Crippen LogP contribution is 2.17. The van der Waals surface area contributed by atoms with E-state index in [-0.39, 0.29) is 17.7 Å². The van der Waals surface area contributed by atoms with Gasteiger partial charge in [-0.2, -0.15) is 0 Å². The molecule has 6 nitrogen and oxygen atoms in total. The molecule has 0 bridgehead atoms. The predicted octanol–water partition coefficient (Wildman–Crippen LogP) is 1.25. The van der Waals surface area contributed by atoms with Gasteiger partial charge >= 0.3 is 6.03 Å². The Bertz CT molecular complexity index is 628. The average Bonchev–Trinajstić information content (AvgIpc) is 2.91. The number of carbonyl (C=O) groups is 1. The molecule has 1 aliphatic rings. The molecule has 1 saturated heterocycles. The summed E-state index contributed by atoms with van der Waals surface area (Å²) >= 11 is 0. The topological polar surface area (TPSA) is 92.5 Å².